The number of ether oxygens (including phenoxy) is 1. The minimum atomic E-state index is -0.844. The standard InChI is InChI=1S/C24H28N2O4/c1-6-24(3,4)26(22(28)17-9-7-16(2)8-10-17)20-15-21(27)25(23(20)29)18-11-13-19(30-5)14-12-18/h7-14,20H,6,15H2,1-5H3. The van der Waals surface area contributed by atoms with Gasteiger partial charge in [0.1, 0.15) is 11.8 Å². The van der Waals surface area contributed by atoms with Gasteiger partial charge in [-0.05, 0) is 63.6 Å². The second-order valence-corrected chi connectivity index (χ2v) is 8.19. The Morgan fingerprint density at radius 1 is 1.10 bits per heavy atom. The molecule has 6 nitrogen and oxygen atoms in total. The molecule has 0 aliphatic carbocycles. The molecule has 1 atom stereocenters. The van der Waals surface area contributed by atoms with Crippen LogP contribution in [0.25, 0.3) is 0 Å². The maximum Gasteiger partial charge on any atom is 0.257 e. The summed E-state index contributed by atoms with van der Waals surface area (Å²) in [4.78, 5) is 42.4. The van der Waals surface area contributed by atoms with E-state index < -0.39 is 11.6 Å². The summed E-state index contributed by atoms with van der Waals surface area (Å²) in [5.41, 5.74) is 1.43. The lowest BCUT2D eigenvalue weighted by molar-refractivity contribution is -0.123. The summed E-state index contributed by atoms with van der Waals surface area (Å²) in [6, 6.07) is 13.2. The summed E-state index contributed by atoms with van der Waals surface area (Å²) >= 11 is 0. The molecule has 3 amide bonds. The normalized spacial score (nSPS) is 16.7. The largest absolute Gasteiger partial charge is 0.497 e. The number of carbonyl (C=O) groups excluding carboxylic acids is 3. The van der Waals surface area contributed by atoms with Gasteiger partial charge in [-0.25, -0.2) is 4.90 Å². The Morgan fingerprint density at radius 2 is 1.70 bits per heavy atom. The Hall–Kier alpha value is -3.15. The van der Waals surface area contributed by atoms with E-state index in [0.717, 1.165) is 5.56 Å². The van der Waals surface area contributed by atoms with Crippen molar-refractivity contribution in [2.45, 2.75) is 52.1 Å². The molecule has 6 heteroatoms. The number of benzene rings is 2. The van der Waals surface area contributed by atoms with Gasteiger partial charge in [-0.3, -0.25) is 14.4 Å². The average Bonchev–Trinajstić information content (AvgIpc) is 3.02. The van der Waals surface area contributed by atoms with Crippen LogP contribution >= 0.6 is 0 Å². The van der Waals surface area contributed by atoms with Crippen LogP contribution in [0, 0.1) is 6.92 Å². The predicted molar refractivity (Wildman–Crippen MR) is 116 cm³/mol. The summed E-state index contributed by atoms with van der Waals surface area (Å²) in [5.74, 6) is -0.307. The highest BCUT2D eigenvalue weighted by atomic mass is 16.5. The molecule has 0 N–H and O–H groups in total. The average molecular weight is 408 g/mol. The van der Waals surface area contributed by atoms with Crippen molar-refractivity contribution in [1.82, 2.24) is 4.90 Å². The van der Waals surface area contributed by atoms with Crippen molar-refractivity contribution in [2.75, 3.05) is 12.0 Å². The summed E-state index contributed by atoms with van der Waals surface area (Å²) < 4.78 is 5.15. The fraction of sp³-hybridized carbons (Fsp3) is 0.375. The topological polar surface area (TPSA) is 66.9 Å². The fourth-order valence-electron chi connectivity index (χ4n) is 3.66. The first-order chi connectivity index (χ1) is 14.2. The van der Waals surface area contributed by atoms with Crippen LogP contribution in [0.5, 0.6) is 5.75 Å². The van der Waals surface area contributed by atoms with Crippen LogP contribution in [0.3, 0.4) is 0 Å². The van der Waals surface area contributed by atoms with Crippen molar-refractivity contribution in [2.24, 2.45) is 0 Å². The van der Waals surface area contributed by atoms with Crippen LogP contribution in [0.4, 0.5) is 5.69 Å². The minimum absolute atomic E-state index is 0.0358. The number of hydrogen-bond acceptors (Lipinski definition) is 4. The smallest absolute Gasteiger partial charge is 0.257 e. The number of imide groups is 1. The molecule has 2 aromatic carbocycles. The van der Waals surface area contributed by atoms with Crippen molar-refractivity contribution < 1.29 is 19.1 Å². The predicted octanol–water partition coefficient (Wildman–Crippen LogP) is 3.97. The van der Waals surface area contributed by atoms with Crippen molar-refractivity contribution >= 4 is 23.4 Å². The summed E-state index contributed by atoms with van der Waals surface area (Å²) in [5, 5.41) is 0. The molecule has 0 bridgehead atoms. The summed E-state index contributed by atoms with van der Waals surface area (Å²) in [7, 11) is 1.55. The monoisotopic (exact) mass is 408 g/mol. The van der Waals surface area contributed by atoms with Crippen molar-refractivity contribution in [3.8, 4) is 5.75 Å². The highest BCUT2D eigenvalue weighted by molar-refractivity contribution is 6.23. The van der Waals surface area contributed by atoms with E-state index in [-0.39, 0.29) is 24.1 Å². The number of nitrogens with zero attached hydrogens (tertiary/aromatic N) is 2. The second-order valence-electron chi connectivity index (χ2n) is 8.19. The molecule has 0 aromatic heterocycles. The maximum absolute atomic E-state index is 13.5. The lowest BCUT2D eigenvalue weighted by Gasteiger charge is -2.41. The van der Waals surface area contributed by atoms with E-state index in [0.29, 0.717) is 23.4 Å². The Kier molecular flexibility index (Phi) is 5.97. The van der Waals surface area contributed by atoms with E-state index in [1.165, 1.54) is 4.90 Å². The van der Waals surface area contributed by atoms with Gasteiger partial charge in [-0.15, -0.1) is 0 Å². The Balaban J connectivity index is 1.97. The van der Waals surface area contributed by atoms with Crippen LogP contribution < -0.4 is 9.64 Å². The molecule has 1 fully saturated rings. The third-order valence-corrected chi connectivity index (χ3v) is 5.80. The van der Waals surface area contributed by atoms with Crippen LogP contribution in [0.2, 0.25) is 0 Å². The zero-order valence-electron chi connectivity index (χ0n) is 18.1. The van der Waals surface area contributed by atoms with E-state index in [2.05, 4.69) is 0 Å². The molecule has 2 aromatic rings. The second kappa shape index (κ2) is 8.30. The number of anilines is 1. The van der Waals surface area contributed by atoms with Gasteiger partial charge in [0, 0.05) is 11.1 Å². The molecular weight excluding hydrogens is 380 g/mol. The van der Waals surface area contributed by atoms with E-state index in [9.17, 15) is 14.4 Å². The molecule has 0 spiro atoms. The van der Waals surface area contributed by atoms with E-state index in [1.54, 1.807) is 48.4 Å². The first-order valence-corrected chi connectivity index (χ1v) is 10.1. The van der Waals surface area contributed by atoms with E-state index >= 15 is 0 Å². The van der Waals surface area contributed by atoms with Gasteiger partial charge < -0.3 is 9.64 Å². The lowest BCUT2D eigenvalue weighted by atomic mass is 9.94. The van der Waals surface area contributed by atoms with Gasteiger partial charge >= 0.3 is 0 Å². The Labute approximate surface area is 177 Å². The number of rotatable bonds is 6. The number of hydrogen-bond donors (Lipinski definition) is 0. The summed E-state index contributed by atoms with van der Waals surface area (Å²) in [6.07, 6.45) is 0.608. The molecule has 1 aliphatic rings. The molecule has 30 heavy (non-hydrogen) atoms. The van der Waals surface area contributed by atoms with E-state index in [1.807, 2.05) is 39.8 Å². The molecule has 158 valence electrons. The van der Waals surface area contributed by atoms with Gasteiger partial charge in [0.05, 0.1) is 19.2 Å². The van der Waals surface area contributed by atoms with Crippen LogP contribution in [0.15, 0.2) is 48.5 Å². The molecular formula is C24H28N2O4. The van der Waals surface area contributed by atoms with Gasteiger partial charge in [-0.2, -0.15) is 0 Å². The van der Waals surface area contributed by atoms with Crippen molar-refractivity contribution in [3.05, 3.63) is 59.7 Å². The van der Waals surface area contributed by atoms with Gasteiger partial charge in [0.25, 0.3) is 11.8 Å². The zero-order valence-corrected chi connectivity index (χ0v) is 18.1. The Morgan fingerprint density at radius 3 is 2.23 bits per heavy atom. The van der Waals surface area contributed by atoms with Crippen molar-refractivity contribution in [3.63, 3.8) is 0 Å². The molecule has 3 rings (SSSR count). The molecule has 1 saturated heterocycles. The summed E-state index contributed by atoms with van der Waals surface area (Å²) in [6.45, 7) is 7.77. The zero-order chi connectivity index (χ0) is 22.1. The molecule has 0 radical (unpaired) electrons. The SMILES string of the molecule is CCC(C)(C)N(C(=O)c1ccc(C)cc1)C1CC(=O)N(c2ccc(OC)cc2)C1=O. The highest BCUT2D eigenvalue weighted by Gasteiger charge is 2.48. The van der Waals surface area contributed by atoms with Gasteiger partial charge in [0.2, 0.25) is 5.91 Å². The quantitative estimate of drug-likeness (QED) is 0.679. The first-order valence-electron chi connectivity index (χ1n) is 10.1. The molecule has 0 saturated carbocycles. The number of aryl methyl sites for hydroxylation is 1. The number of carbonyl (C=O) groups is 3. The highest BCUT2D eigenvalue weighted by Crippen LogP contribution is 2.33. The fourth-order valence-corrected chi connectivity index (χ4v) is 3.66. The van der Waals surface area contributed by atoms with E-state index in [4.69, 9.17) is 4.74 Å². The van der Waals surface area contributed by atoms with Crippen LogP contribution in [-0.4, -0.2) is 41.3 Å². The van der Waals surface area contributed by atoms with Gasteiger partial charge in [0.15, 0.2) is 0 Å². The Bertz CT molecular complexity index is 948. The number of amides is 3. The maximum atomic E-state index is 13.5. The first kappa shape index (κ1) is 21.6. The third kappa shape index (κ3) is 3.95. The molecule has 1 aliphatic heterocycles. The minimum Gasteiger partial charge on any atom is -0.497 e. The molecule has 1 heterocycles. The molecule has 1 unspecified atom stereocenters. The van der Waals surface area contributed by atoms with Crippen LogP contribution in [0.1, 0.15) is 49.5 Å². The van der Waals surface area contributed by atoms with Crippen LogP contribution in [-0.2, 0) is 9.59 Å². The van der Waals surface area contributed by atoms with Crippen molar-refractivity contribution in [1.29, 1.82) is 0 Å². The lowest BCUT2D eigenvalue weighted by Crippen LogP contribution is -2.55. The van der Waals surface area contributed by atoms with Gasteiger partial charge in [-0.1, -0.05) is 24.6 Å². The third-order valence-electron chi connectivity index (χ3n) is 5.80. The number of methoxy groups -OCH3 is 1.